The van der Waals surface area contributed by atoms with E-state index < -0.39 is 11.5 Å². The van der Waals surface area contributed by atoms with Gasteiger partial charge in [0.1, 0.15) is 17.1 Å². The van der Waals surface area contributed by atoms with Gasteiger partial charge in [-0.1, -0.05) is 0 Å². The third kappa shape index (κ3) is 4.18. The van der Waals surface area contributed by atoms with E-state index in [1.165, 1.54) is 6.20 Å². The van der Waals surface area contributed by atoms with Crippen LogP contribution in [0.1, 0.15) is 50.5 Å². The maximum atomic E-state index is 12.6. The minimum Gasteiger partial charge on any atom is -0.444 e. The summed E-state index contributed by atoms with van der Waals surface area (Å²) in [4.78, 5) is 36.0. The van der Waals surface area contributed by atoms with Gasteiger partial charge in [-0.25, -0.2) is 14.8 Å². The van der Waals surface area contributed by atoms with Crippen molar-refractivity contribution in [2.45, 2.75) is 57.7 Å². The van der Waals surface area contributed by atoms with E-state index in [0.29, 0.717) is 12.4 Å². The van der Waals surface area contributed by atoms with Crippen LogP contribution in [0.3, 0.4) is 0 Å². The lowest BCUT2D eigenvalue weighted by Crippen LogP contribution is -2.46. The first-order valence-electron chi connectivity index (χ1n) is 8.63. The monoisotopic (exact) mass is 347 g/mol. The molecule has 1 saturated carbocycles. The zero-order valence-electron chi connectivity index (χ0n) is 14.9. The summed E-state index contributed by atoms with van der Waals surface area (Å²) >= 11 is 0. The van der Waals surface area contributed by atoms with Gasteiger partial charge >= 0.3 is 6.09 Å². The summed E-state index contributed by atoms with van der Waals surface area (Å²) in [6.45, 7) is 7.11. The van der Waals surface area contributed by atoms with Crippen LogP contribution in [0.4, 0.5) is 10.6 Å². The molecule has 2 amide bonds. The number of nitrogens with zero attached hydrogens (tertiary/aromatic N) is 4. The molecule has 2 fully saturated rings. The molecule has 2 N–H and O–H groups in total. The minimum absolute atomic E-state index is 0.0972. The number of rotatable bonds is 4. The van der Waals surface area contributed by atoms with E-state index >= 15 is 0 Å². The molecular formula is C17H25N5O3. The van der Waals surface area contributed by atoms with Crippen molar-refractivity contribution in [3.8, 4) is 0 Å². The van der Waals surface area contributed by atoms with Gasteiger partial charge in [0, 0.05) is 19.1 Å². The highest BCUT2D eigenvalue weighted by Gasteiger charge is 2.42. The molecule has 2 heterocycles. The lowest BCUT2D eigenvalue weighted by Gasteiger charge is -2.31. The fourth-order valence-electron chi connectivity index (χ4n) is 3.05. The molecule has 1 atom stereocenters. The molecular weight excluding hydrogens is 322 g/mol. The maximum absolute atomic E-state index is 12.6. The average molecular weight is 347 g/mol. The number of amides is 2. The Hall–Kier alpha value is -2.38. The van der Waals surface area contributed by atoms with Crippen LogP contribution in [-0.2, 0) is 4.74 Å². The topological polar surface area (TPSA) is 102 Å². The Labute approximate surface area is 147 Å². The molecule has 136 valence electrons. The van der Waals surface area contributed by atoms with Crippen LogP contribution in [0.5, 0.6) is 0 Å². The van der Waals surface area contributed by atoms with E-state index in [2.05, 4.69) is 14.9 Å². The average Bonchev–Trinajstić information content (AvgIpc) is 3.22. The smallest absolute Gasteiger partial charge is 0.410 e. The molecule has 1 aliphatic carbocycles. The van der Waals surface area contributed by atoms with Crippen LogP contribution in [0.15, 0.2) is 12.4 Å². The fraction of sp³-hybridized carbons (Fsp3) is 0.647. The van der Waals surface area contributed by atoms with E-state index in [1.54, 1.807) is 6.20 Å². The van der Waals surface area contributed by atoms with E-state index in [0.717, 1.165) is 25.8 Å². The second-order valence-corrected chi connectivity index (χ2v) is 7.63. The van der Waals surface area contributed by atoms with E-state index in [-0.39, 0.29) is 23.9 Å². The molecule has 0 bridgehead atoms. The van der Waals surface area contributed by atoms with Crippen molar-refractivity contribution in [2.75, 3.05) is 18.0 Å². The number of primary amides is 1. The second kappa shape index (κ2) is 6.50. The van der Waals surface area contributed by atoms with E-state index in [9.17, 15) is 9.59 Å². The predicted molar refractivity (Wildman–Crippen MR) is 92.3 cm³/mol. The van der Waals surface area contributed by atoms with Gasteiger partial charge in [-0.15, -0.1) is 0 Å². The maximum Gasteiger partial charge on any atom is 0.410 e. The normalized spacial score (nSPS) is 20.4. The Morgan fingerprint density at radius 2 is 1.92 bits per heavy atom. The number of hydrogen-bond acceptors (Lipinski definition) is 6. The zero-order chi connectivity index (χ0) is 18.2. The Morgan fingerprint density at radius 1 is 1.20 bits per heavy atom. The second-order valence-electron chi connectivity index (χ2n) is 7.63. The molecule has 1 aromatic rings. The number of carbonyl (C=O) groups is 2. The van der Waals surface area contributed by atoms with E-state index in [4.69, 9.17) is 10.5 Å². The van der Waals surface area contributed by atoms with Crippen LogP contribution in [-0.4, -0.2) is 57.6 Å². The highest BCUT2D eigenvalue weighted by Crippen LogP contribution is 2.33. The molecule has 0 unspecified atom stereocenters. The Balaban J connectivity index is 1.67. The predicted octanol–water partition coefficient (Wildman–Crippen LogP) is 1.55. The minimum atomic E-state index is -0.594. The standard InChI is InChI=1S/C17H25N5O3/c1-17(2,3)25-16(24)22(11-4-5-11)12-6-7-21(10-12)14-9-19-13(8-20-14)15(18)23/h8-9,11-12H,4-7,10H2,1-3H3,(H2,18,23)/t12-/m1/s1. The Kier molecular flexibility index (Phi) is 4.53. The number of ether oxygens (including phenoxy) is 1. The Bertz CT molecular complexity index is 651. The van der Waals surface area contributed by atoms with Crippen LogP contribution < -0.4 is 10.6 Å². The first-order chi connectivity index (χ1) is 11.7. The van der Waals surface area contributed by atoms with Gasteiger partial charge in [0.15, 0.2) is 0 Å². The summed E-state index contributed by atoms with van der Waals surface area (Å²) in [5, 5.41) is 0. The number of anilines is 1. The van der Waals surface area contributed by atoms with Crippen molar-refractivity contribution in [1.82, 2.24) is 14.9 Å². The lowest BCUT2D eigenvalue weighted by atomic mass is 10.2. The molecule has 1 aromatic heterocycles. The van der Waals surface area contributed by atoms with Crippen molar-refractivity contribution in [3.05, 3.63) is 18.1 Å². The molecule has 8 nitrogen and oxygen atoms in total. The number of aromatic nitrogens is 2. The first kappa shape index (κ1) is 17.4. The van der Waals surface area contributed by atoms with Gasteiger partial charge in [0.05, 0.1) is 18.4 Å². The van der Waals surface area contributed by atoms with Gasteiger partial charge < -0.3 is 20.3 Å². The van der Waals surface area contributed by atoms with Gasteiger partial charge in [-0.3, -0.25) is 4.79 Å². The van der Waals surface area contributed by atoms with Crippen LogP contribution in [0.2, 0.25) is 0 Å². The third-order valence-corrected chi connectivity index (χ3v) is 4.32. The van der Waals surface area contributed by atoms with Crippen molar-refractivity contribution < 1.29 is 14.3 Å². The van der Waals surface area contributed by atoms with Crippen molar-refractivity contribution in [1.29, 1.82) is 0 Å². The van der Waals surface area contributed by atoms with E-state index in [1.807, 2.05) is 25.7 Å². The quantitative estimate of drug-likeness (QED) is 0.887. The molecule has 0 spiro atoms. The summed E-state index contributed by atoms with van der Waals surface area (Å²) < 4.78 is 5.59. The molecule has 0 radical (unpaired) electrons. The molecule has 2 aliphatic rings. The summed E-state index contributed by atoms with van der Waals surface area (Å²) in [6, 6.07) is 0.378. The first-order valence-corrected chi connectivity index (χ1v) is 8.63. The summed E-state index contributed by atoms with van der Waals surface area (Å²) in [6.07, 6.45) is 5.62. The molecule has 1 aliphatic heterocycles. The summed E-state index contributed by atoms with van der Waals surface area (Å²) in [7, 11) is 0. The molecule has 3 rings (SSSR count). The van der Waals surface area contributed by atoms with Gasteiger partial charge in [0.2, 0.25) is 0 Å². The largest absolute Gasteiger partial charge is 0.444 e. The number of hydrogen-bond donors (Lipinski definition) is 1. The highest BCUT2D eigenvalue weighted by molar-refractivity contribution is 5.90. The lowest BCUT2D eigenvalue weighted by molar-refractivity contribution is 0.0158. The van der Waals surface area contributed by atoms with Crippen LogP contribution in [0, 0.1) is 0 Å². The summed E-state index contributed by atoms with van der Waals surface area (Å²) in [5.41, 5.74) is 4.83. The van der Waals surface area contributed by atoms with Gasteiger partial charge in [-0.05, 0) is 40.0 Å². The van der Waals surface area contributed by atoms with Crippen molar-refractivity contribution >= 4 is 17.8 Å². The Morgan fingerprint density at radius 3 is 2.44 bits per heavy atom. The zero-order valence-corrected chi connectivity index (χ0v) is 14.9. The van der Waals surface area contributed by atoms with Crippen LogP contribution in [0.25, 0.3) is 0 Å². The van der Waals surface area contributed by atoms with Gasteiger partial charge in [-0.2, -0.15) is 0 Å². The van der Waals surface area contributed by atoms with Crippen LogP contribution >= 0.6 is 0 Å². The van der Waals surface area contributed by atoms with Crippen molar-refractivity contribution in [2.24, 2.45) is 5.73 Å². The third-order valence-electron chi connectivity index (χ3n) is 4.32. The van der Waals surface area contributed by atoms with Crippen molar-refractivity contribution in [3.63, 3.8) is 0 Å². The number of nitrogens with two attached hydrogens (primary N) is 1. The molecule has 0 aromatic carbocycles. The van der Waals surface area contributed by atoms with Gasteiger partial charge in [0.25, 0.3) is 5.91 Å². The number of carbonyl (C=O) groups excluding carboxylic acids is 2. The summed E-state index contributed by atoms with van der Waals surface area (Å²) in [5.74, 6) is 0.0932. The highest BCUT2D eigenvalue weighted by atomic mass is 16.6. The molecule has 1 saturated heterocycles. The molecule has 25 heavy (non-hydrogen) atoms. The molecule has 8 heteroatoms. The fourth-order valence-corrected chi connectivity index (χ4v) is 3.05. The SMILES string of the molecule is CC(C)(C)OC(=O)N(C1CC1)[C@@H]1CCN(c2cnc(C(N)=O)cn2)C1.